The zero-order valence-corrected chi connectivity index (χ0v) is 13.4. The lowest BCUT2D eigenvalue weighted by Crippen LogP contribution is -1.93. The van der Waals surface area contributed by atoms with Gasteiger partial charge in [0.25, 0.3) is 0 Å². The van der Waals surface area contributed by atoms with Gasteiger partial charge >= 0.3 is 0 Å². The van der Waals surface area contributed by atoms with Gasteiger partial charge in [-0.05, 0) is 53.1 Å². The Morgan fingerprint density at radius 3 is 2.09 bits per heavy atom. The van der Waals surface area contributed by atoms with E-state index in [9.17, 15) is 0 Å². The smallest absolute Gasteiger partial charge is 0.0152 e. The minimum atomic E-state index is 1.11. The van der Waals surface area contributed by atoms with E-state index in [1.807, 2.05) is 0 Å². The van der Waals surface area contributed by atoms with Gasteiger partial charge in [-0.15, -0.1) is 0 Å². The molecule has 0 radical (unpaired) electrons. The zero-order chi connectivity index (χ0) is 15.2. The summed E-state index contributed by atoms with van der Waals surface area (Å²) in [6, 6.07) is 24.5. The van der Waals surface area contributed by atoms with E-state index in [0.717, 1.165) is 12.8 Å². The highest BCUT2D eigenvalue weighted by atomic mass is 14.1. The molecule has 0 aliphatic carbocycles. The van der Waals surface area contributed by atoms with E-state index >= 15 is 0 Å². The lowest BCUT2D eigenvalue weighted by atomic mass is 9.98. The summed E-state index contributed by atoms with van der Waals surface area (Å²) in [5, 5.41) is 2.74. The summed E-state index contributed by atoms with van der Waals surface area (Å²) < 4.78 is 0. The van der Waals surface area contributed by atoms with Gasteiger partial charge in [-0.2, -0.15) is 0 Å². The van der Waals surface area contributed by atoms with Crippen LogP contribution in [0, 0.1) is 0 Å². The first kappa shape index (κ1) is 14.8. The van der Waals surface area contributed by atoms with Gasteiger partial charge in [0, 0.05) is 0 Å². The standard InChI is InChI=1S/C22H24/c1-2-3-7-18-12-14-19(15-13-18)16-17-21-10-6-9-20-8-4-5-11-22(20)21/h4-6,8-15H,2-3,7,16-17H2,1H3. The van der Waals surface area contributed by atoms with Crippen molar-refractivity contribution >= 4 is 10.8 Å². The summed E-state index contributed by atoms with van der Waals surface area (Å²) in [6.45, 7) is 2.25. The second-order valence-corrected chi connectivity index (χ2v) is 6.06. The van der Waals surface area contributed by atoms with Gasteiger partial charge in [-0.3, -0.25) is 0 Å². The molecule has 0 saturated carbocycles. The van der Waals surface area contributed by atoms with Crippen LogP contribution in [0.5, 0.6) is 0 Å². The van der Waals surface area contributed by atoms with E-state index in [4.69, 9.17) is 0 Å². The molecule has 22 heavy (non-hydrogen) atoms. The van der Waals surface area contributed by atoms with Crippen molar-refractivity contribution in [1.82, 2.24) is 0 Å². The van der Waals surface area contributed by atoms with Crippen molar-refractivity contribution in [2.75, 3.05) is 0 Å². The van der Waals surface area contributed by atoms with Crippen molar-refractivity contribution in [1.29, 1.82) is 0 Å². The molecule has 0 aromatic heterocycles. The van der Waals surface area contributed by atoms with Crippen LogP contribution >= 0.6 is 0 Å². The number of aryl methyl sites for hydroxylation is 3. The maximum atomic E-state index is 2.30. The van der Waals surface area contributed by atoms with Crippen LogP contribution in [0.1, 0.15) is 36.5 Å². The minimum absolute atomic E-state index is 1.11. The van der Waals surface area contributed by atoms with Crippen LogP contribution < -0.4 is 0 Å². The molecule has 0 unspecified atom stereocenters. The molecule has 3 aromatic rings. The fourth-order valence-corrected chi connectivity index (χ4v) is 3.04. The van der Waals surface area contributed by atoms with Crippen LogP contribution in [-0.2, 0) is 19.3 Å². The number of rotatable bonds is 6. The van der Waals surface area contributed by atoms with Crippen LogP contribution in [0.4, 0.5) is 0 Å². The molecule has 3 rings (SSSR count). The maximum Gasteiger partial charge on any atom is -0.0152 e. The topological polar surface area (TPSA) is 0 Å². The summed E-state index contributed by atoms with van der Waals surface area (Å²) in [5.74, 6) is 0. The Bertz CT molecular complexity index is 717. The number of hydrogen-bond acceptors (Lipinski definition) is 0. The second kappa shape index (κ2) is 7.26. The van der Waals surface area contributed by atoms with Crippen LogP contribution in [0.15, 0.2) is 66.7 Å². The average molecular weight is 288 g/mol. The quantitative estimate of drug-likeness (QED) is 0.524. The predicted molar refractivity (Wildman–Crippen MR) is 96.4 cm³/mol. The molecule has 0 heterocycles. The highest BCUT2D eigenvalue weighted by Gasteiger charge is 2.01. The molecule has 0 spiro atoms. The monoisotopic (exact) mass is 288 g/mol. The predicted octanol–water partition coefficient (Wildman–Crippen LogP) is 5.97. The molecule has 0 aliphatic heterocycles. The van der Waals surface area contributed by atoms with E-state index in [1.54, 1.807) is 0 Å². The third-order valence-corrected chi connectivity index (χ3v) is 4.40. The van der Waals surface area contributed by atoms with Gasteiger partial charge < -0.3 is 0 Å². The molecule has 0 N–H and O–H groups in total. The molecule has 0 bridgehead atoms. The van der Waals surface area contributed by atoms with Gasteiger partial charge in [0.15, 0.2) is 0 Å². The summed E-state index contributed by atoms with van der Waals surface area (Å²) >= 11 is 0. The molecule has 0 aliphatic rings. The van der Waals surface area contributed by atoms with E-state index in [0.29, 0.717) is 0 Å². The average Bonchev–Trinajstić information content (AvgIpc) is 2.59. The molecule has 0 nitrogen and oxygen atoms in total. The molecule has 0 fully saturated rings. The van der Waals surface area contributed by atoms with Crippen LogP contribution in [0.25, 0.3) is 10.8 Å². The lowest BCUT2D eigenvalue weighted by Gasteiger charge is -2.07. The normalized spacial score (nSPS) is 11.0. The third kappa shape index (κ3) is 3.57. The van der Waals surface area contributed by atoms with Gasteiger partial charge in [0.1, 0.15) is 0 Å². The Morgan fingerprint density at radius 2 is 1.32 bits per heavy atom. The molecule has 3 aromatic carbocycles. The Labute approximate surface area is 133 Å². The van der Waals surface area contributed by atoms with Gasteiger partial charge in [-0.25, -0.2) is 0 Å². The third-order valence-electron chi connectivity index (χ3n) is 4.40. The maximum absolute atomic E-state index is 2.30. The van der Waals surface area contributed by atoms with E-state index in [-0.39, 0.29) is 0 Å². The van der Waals surface area contributed by atoms with Crippen molar-refractivity contribution in [2.24, 2.45) is 0 Å². The fourth-order valence-electron chi connectivity index (χ4n) is 3.04. The highest BCUT2D eigenvalue weighted by Crippen LogP contribution is 2.20. The first-order valence-electron chi connectivity index (χ1n) is 8.41. The number of hydrogen-bond donors (Lipinski definition) is 0. The molecule has 112 valence electrons. The molecule has 0 saturated heterocycles. The Kier molecular flexibility index (Phi) is 4.90. The van der Waals surface area contributed by atoms with E-state index < -0.39 is 0 Å². The van der Waals surface area contributed by atoms with Gasteiger partial charge in [0.2, 0.25) is 0 Å². The summed E-state index contributed by atoms with van der Waals surface area (Å²) in [4.78, 5) is 0. The molecular weight excluding hydrogens is 264 g/mol. The Morgan fingerprint density at radius 1 is 0.636 bits per heavy atom. The Hall–Kier alpha value is -2.08. The first-order chi connectivity index (χ1) is 10.9. The van der Waals surface area contributed by atoms with Gasteiger partial charge in [-0.1, -0.05) is 80.1 Å². The lowest BCUT2D eigenvalue weighted by molar-refractivity contribution is 0.794. The second-order valence-electron chi connectivity index (χ2n) is 6.06. The molecular formula is C22H24. The zero-order valence-electron chi connectivity index (χ0n) is 13.4. The highest BCUT2D eigenvalue weighted by molar-refractivity contribution is 5.85. The van der Waals surface area contributed by atoms with Crippen molar-refractivity contribution in [2.45, 2.75) is 39.0 Å². The van der Waals surface area contributed by atoms with Crippen molar-refractivity contribution in [3.63, 3.8) is 0 Å². The number of fused-ring (bicyclic) bond motifs is 1. The van der Waals surface area contributed by atoms with Crippen molar-refractivity contribution in [3.05, 3.63) is 83.4 Å². The van der Waals surface area contributed by atoms with Crippen LogP contribution in [0.3, 0.4) is 0 Å². The molecule has 0 heteroatoms. The van der Waals surface area contributed by atoms with E-state index in [1.165, 1.54) is 46.7 Å². The summed E-state index contributed by atoms with van der Waals surface area (Å²) in [5.41, 5.74) is 4.36. The largest absolute Gasteiger partial charge is 0.0654 e. The summed E-state index contributed by atoms with van der Waals surface area (Å²) in [7, 11) is 0. The number of benzene rings is 3. The molecule has 0 atom stereocenters. The summed E-state index contributed by atoms with van der Waals surface area (Å²) in [6.07, 6.45) is 5.98. The van der Waals surface area contributed by atoms with Crippen LogP contribution in [-0.4, -0.2) is 0 Å². The first-order valence-corrected chi connectivity index (χ1v) is 8.41. The fraction of sp³-hybridized carbons (Fsp3) is 0.273. The number of unbranched alkanes of at least 4 members (excludes halogenated alkanes) is 1. The van der Waals surface area contributed by atoms with E-state index in [2.05, 4.69) is 73.7 Å². The van der Waals surface area contributed by atoms with Crippen molar-refractivity contribution < 1.29 is 0 Å². The Balaban J connectivity index is 1.69. The van der Waals surface area contributed by atoms with Crippen molar-refractivity contribution in [3.8, 4) is 0 Å². The minimum Gasteiger partial charge on any atom is -0.0654 e. The molecule has 0 amide bonds. The van der Waals surface area contributed by atoms with Crippen LogP contribution in [0.2, 0.25) is 0 Å². The van der Waals surface area contributed by atoms with Gasteiger partial charge in [0.05, 0.1) is 0 Å². The SMILES string of the molecule is CCCCc1ccc(CCc2cccc3ccccc23)cc1.